The zero-order valence-corrected chi connectivity index (χ0v) is 10.1. The van der Waals surface area contributed by atoms with Crippen LogP contribution >= 0.6 is 0 Å². The predicted molar refractivity (Wildman–Crippen MR) is 66.3 cm³/mol. The molecule has 0 aliphatic rings. The first-order valence-corrected chi connectivity index (χ1v) is 5.19. The highest BCUT2D eigenvalue weighted by molar-refractivity contribution is 5.68. The van der Waals surface area contributed by atoms with Crippen LogP contribution in [0.15, 0.2) is 18.3 Å². The summed E-state index contributed by atoms with van der Waals surface area (Å²) in [6.07, 6.45) is 1.70. The van der Waals surface area contributed by atoms with Crippen molar-refractivity contribution in [1.29, 1.82) is 0 Å². The van der Waals surface area contributed by atoms with Crippen molar-refractivity contribution in [1.82, 2.24) is 9.97 Å². The molecule has 3 N–H and O–H groups in total. The smallest absolute Gasteiger partial charge is 0.197 e. The van der Waals surface area contributed by atoms with Crippen molar-refractivity contribution in [2.45, 2.75) is 6.92 Å². The van der Waals surface area contributed by atoms with Crippen LogP contribution in [0.3, 0.4) is 0 Å². The Morgan fingerprint density at radius 3 is 2.35 bits per heavy atom. The number of rotatable bonds is 3. The van der Waals surface area contributed by atoms with Crippen molar-refractivity contribution < 1.29 is 9.47 Å². The molecule has 0 amide bonds. The minimum absolute atomic E-state index is 0.397. The number of nitrogens with zero attached hydrogens (tertiary/aromatic N) is 1. The number of H-pyrrole nitrogens is 1. The molecule has 90 valence electrons. The van der Waals surface area contributed by atoms with E-state index in [0.717, 1.165) is 16.8 Å². The number of imidazole rings is 1. The van der Waals surface area contributed by atoms with Crippen molar-refractivity contribution in [3.63, 3.8) is 0 Å². The van der Waals surface area contributed by atoms with E-state index in [9.17, 15) is 0 Å². The number of benzene rings is 1. The van der Waals surface area contributed by atoms with Gasteiger partial charge in [0.05, 0.1) is 26.1 Å². The summed E-state index contributed by atoms with van der Waals surface area (Å²) in [6.45, 7) is 1.99. The van der Waals surface area contributed by atoms with E-state index in [4.69, 9.17) is 15.2 Å². The summed E-state index contributed by atoms with van der Waals surface area (Å²) in [5.74, 6) is 1.79. The Bertz CT molecular complexity index is 535. The number of hydrogen-bond donors (Lipinski definition) is 2. The molecule has 5 nitrogen and oxygen atoms in total. The van der Waals surface area contributed by atoms with E-state index in [0.29, 0.717) is 17.4 Å². The highest BCUT2D eigenvalue weighted by atomic mass is 16.5. The van der Waals surface area contributed by atoms with Crippen LogP contribution in [0, 0.1) is 6.92 Å². The monoisotopic (exact) mass is 233 g/mol. The number of nitrogens with two attached hydrogens (primary N) is 1. The van der Waals surface area contributed by atoms with E-state index in [1.54, 1.807) is 20.4 Å². The average Bonchev–Trinajstić information content (AvgIpc) is 2.75. The van der Waals surface area contributed by atoms with Crippen molar-refractivity contribution in [2.24, 2.45) is 0 Å². The summed E-state index contributed by atoms with van der Waals surface area (Å²) in [7, 11) is 3.23. The molecular weight excluding hydrogens is 218 g/mol. The number of anilines is 1. The normalized spacial score (nSPS) is 10.3. The Balaban J connectivity index is 2.55. The summed E-state index contributed by atoms with van der Waals surface area (Å²) >= 11 is 0. The fraction of sp³-hybridized carbons (Fsp3) is 0.250. The zero-order valence-electron chi connectivity index (χ0n) is 10.1. The molecule has 0 aliphatic carbocycles. The second-order valence-corrected chi connectivity index (χ2v) is 3.70. The Morgan fingerprint density at radius 1 is 1.18 bits per heavy atom. The van der Waals surface area contributed by atoms with Crippen LogP contribution in [-0.4, -0.2) is 24.2 Å². The SMILES string of the molecule is COc1cc(C)c(-c2cnc(N)[nH]2)cc1OC. The average molecular weight is 233 g/mol. The van der Waals surface area contributed by atoms with Crippen LogP contribution in [0.25, 0.3) is 11.3 Å². The number of methoxy groups -OCH3 is 2. The van der Waals surface area contributed by atoms with E-state index in [2.05, 4.69) is 9.97 Å². The number of aromatic amines is 1. The fourth-order valence-electron chi connectivity index (χ4n) is 1.74. The first-order chi connectivity index (χ1) is 8.15. The van der Waals surface area contributed by atoms with Crippen LogP contribution < -0.4 is 15.2 Å². The molecule has 5 heteroatoms. The summed E-state index contributed by atoms with van der Waals surface area (Å²) in [6, 6.07) is 3.83. The number of hydrogen-bond acceptors (Lipinski definition) is 4. The van der Waals surface area contributed by atoms with Gasteiger partial charge >= 0.3 is 0 Å². The molecule has 17 heavy (non-hydrogen) atoms. The third-order valence-electron chi connectivity index (χ3n) is 2.62. The highest BCUT2D eigenvalue weighted by Crippen LogP contribution is 2.34. The van der Waals surface area contributed by atoms with Gasteiger partial charge in [0.1, 0.15) is 0 Å². The van der Waals surface area contributed by atoms with Gasteiger partial charge in [-0.15, -0.1) is 0 Å². The molecule has 0 radical (unpaired) electrons. The molecule has 1 aromatic heterocycles. The first-order valence-electron chi connectivity index (χ1n) is 5.19. The number of nitrogens with one attached hydrogen (secondary N) is 1. The van der Waals surface area contributed by atoms with Gasteiger partial charge in [0.25, 0.3) is 0 Å². The minimum atomic E-state index is 0.397. The van der Waals surface area contributed by atoms with Crippen LogP contribution in [0.5, 0.6) is 11.5 Å². The van der Waals surface area contributed by atoms with E-state index in [1.165, 1.54) is 0 Å². The van der Waals surface area contributed by atoms with Gasteiger partial charge in [-0.1, -0.05) is 0 Å². The lowest BCUT2D eigenvalue weighted by Crippen LogP contribution is -1.93. The third-order valence-corrected chi connectivity index (χ3v) is 2.62. The maximum atomic E-state index is 5.57. The Labute approximate surface area is 99.6 Å². The molecule has 0 bridgehead atoms. The topological polar surface area (TPSA) is 73.2 Å². The Kier molecular flexibility index (Phi) is 2.91. The van der Waals surface area contributed by atoms with Gasteiger partial charge < -0.3 is 20.2 Å². The quantitative estimate of drug-likeness (QED) is 0.850. The molecule has 0 spiro atoms. The molecule has 1 aromatic carbocycles. The van der Waals surface area contributed by atoms with Crippen LogP contribution in [0.2, 0.25) is 0 Å². The number of aromatic nitrogens is 2. The molecule has 0 atom stereocenters. The lowest BCUT2D eigenvalue weighted by molar-refractivity contribution is 0.355. The van der Waals surface area contributed by atoms with Crippen LogP contribution in [0.1, 0.15) is 5.56 Å². The molecule has 0 fully saturated rings. The summed E-state index contributed by atoms with van der Waals surface area (Å²) in [5, 5.41) is 0. The van der Waals surface area contributed by atoms with Crippen molar-refractivity contribution >= 4 is 5.95 Å². The van der Waals surface area contributed by atoms with Crippen LogP contribution in [-0.2, 0) is 0 Å². The van der Waals surface area contributed by atoms with Gasteiger partial charge in [0.15, 0.2) is 17.4 Å². The second kappa shape index (κ2) is 4.37. The Hall–Kier alpha value is -2.17. The molecule has 2 aromatic rings. The van der Waals surface area contributed by atoms with Crippen molar-refractivity contribution in [3.05, 3.63) is 23.9 Å². The largest absolute Gasteiger partial charge is 0.493 e. The first kappa shape index (κ1) is 11.3. The van der Waals surface area contributed by atoms with Gasteiger partial charge in [0.2, 0.25) is 0 Å². The second-order valence-electron chi connectivity index (χ2n) is 3.70. The summed E-state index contributed by atoms with van der Waals surface area (Å²) < 4.78 is 10.5. The molecule has 2 rings (SSSR count). The zero-order chi connectivity index (χ0) is 12.4. The highest BCUT2D eigenvalue weighted by Gasteiger charge is 2.11. The third kappa shape index (κ3) is 2.04. The summed E-state index contributed by atoms with van der Waals surface area (Å²) in [5.41, 5.74) is 8.49. The lowest BCUT2D eigenvalue weighted by Gasteiger charge is -2.11. The van der Waals surface area contributed by atoms with E-state index in [-0.39, 0.29) is 0 Å². The van der Waals surface area contributed by atoms with Crippen LogP contribution in [0.4, 0.5) is 5.95 Å². The lowest BCUT2D eigenvalue weighted by atomic mass is 10.1. The molecule has 0 unspecified atom stereocenters. The standard InChI is InChI=1S/C12H15N3O2/c1-7-4-10(16-2)11(17-3)5-8(7)9-6-14-12(13)15-9/h4-6H,1-3H3,(H3,13,14,15). The van der Waals surface area contributed by atoms with Crippen molar-refractivity contribution in [2.75, 3.05) is 20.0 Å². The van der Waals surface area contributed by atoms with Gasteiger partial charge in [-0.2, -0.15) is 0 Å². The minimum Gasteiger partial charge on any atom is -0.493 e. The molecule has 0 saturated carbocycles. The summed E-state index contributed by atoms with van der Waals surface area (Å²) in [4.78, 5) is 6.97. The Morgan fingerprint density at radius 2 is 1.82 bits per heavy atom. The molecular formula is C12H15N3O2. The molecule has 0 saturated heterocycles. The van der Waals surface area contributed by atoms with Gasteiger partial charge in [0, 0.05) is 5.56 Å². The van der Waals surface area contributed by atoms with E-state index >= 15 is 0 Å². The van der Waals surface area contributed by atoms with E-state index in [1.807, 2.05) is 19.1 Å². The number of ether oxygens (including phenoxy) is 2. The van der Waals surface area contributed by atoms with E-state index < -0.39 is 0 Å². The molecule has 1 heterocycles. The predicted octanol–water partition coefficient (Wildman–Crippen LogP) is 1.98. The number of aryl methyl sites for hydroxylation is 1. The number of nitrogen functional groups attached to an aromatic ring is 1. The fourth-order valence-corrected chi connectivity index (χ4v) is 1.74. The van der Waals surface area contributed by atoms with Gasteiger partial charge in [-0.3, -0.25) is 0 Å². The molecule has 0 aliphatic heterocycles. The van der Waals surface area contributed by atoms with Gasteiger partial charge in [-0.05, 0) is 24.6 Å². The van der Waals surface area contributed by atoms with Crippen molar-refractivity contribution in [3.8, 4) is 22.8 Å². The maximum absolute atomic E-state index is 5.57. The maximum Gasteiger partial charge on any atom is 0.197 e. The van der Waals surface area contributed by atoms with Gasteiger partial charge in [-0.25, -0.2) is 4.98 Å².